The molecule has 0 fully saturated rings. The molecule has 0 aromatic heterocycles. The number of hydrogen-bond donors (Lipinski definition) is 1. The van der Waals surface area contributed by atoms with Crippen molar-refractivity contribution >= 4 is 5.91 Å². The third-order valence-electron chi connectivity index (χ3n) is 5.98. The summed E-state index contributed by atoms with van der Waals surface area (Å²) in [5, 5.41) is 3.26. The Labute approximate surface area is 155 Å². The smallest absolute Gasteiger partial charge is 0.251 e. The molecule has 0 saturated heterocycles. The Morgan fingerprint density at radius 1 is 0.880 bits per heavy atom. The van der Waals surface area contributed by atoms with E-state index in [9.17, 15) is 4.79 Å². The number of nitrogens with one attached hydrogen (secondary N) is 1. The highest BCUT2D eigenvalue weighted by molar-refractivity contribution is 5.94. The van der Waals surface area contributed by atoms with E-state index in [0.717, 1.165) is 37.7 Å². The fraction of sp³-hybridized carbons (Fsp3) is 0.696. The largest absolute Gasteiger partial charge is 0.347 e. The van der Waals surface area contributed by atoms with Gasteiger partial charge in [0.05, 0.1) is 0 Å². The number of carbonyl (C=O) groups is 1. The molecule has 0 aliphatic rings. The highest BCUT2D eigenvalue weighted by atomic mass is 16.1. The lowest BCUT2D eigenvalue weighted by Crippen LogP contribution is -2.45. The van der Waals surface area contributed by atoms with E-state index in [0.29, 0.717) is 0 Å². The van der Waals surface area contributed by atoms with Gasteiger partial charge in [-0.1, -0.05) is 72.4 Å². The molecule has 2 atom stereocenters. The van der Waals surface area contributed by atoms with Gasteiger partial charge in [0.25, 0.3) is 5.91 Å². The zero-order chi connectivity index (χ0) is 18.9. The molecule has 0 spiro atoms. The lowest BCUT2D eigenvalue weighted by Gasteiger charge is -2.31. The average molecular weight is 346 g/mol. The van der Waals surface area contributed by atoms with E-state index < -0.39 is 0 Å². The molecule has 0 aliphatic heterocycles. The summed E-state index contributed by atoms with van der Waals surface area (Å²) in [7, 11) is 0. The molecule has 2 unspecified atom stereocenters. The number of amides is 1. The molecule has 1 rings (SSSR count). The molecular weight excluding hydrogens is 306 g/mol. The Balaban J connectivity index is 2.85. The van der Waals surface area contributed by atoms with Crippen LogP contribution in [0.2, 0.25) is 0 Å². The van der Waals surface area contributed by atoms with Crippen LogP contribution in [0.4, 0.5) is 0 Å². The molecule has 0 bridgehead atoms. The van der Waals surface area contributed by atoms with Crippen molar-refractivity contribution in [1.82, 2.24) is 5.32 Å². The van der Waals surface area contributed by atoms with Gasteiger partial charge in [0.15, 0.2) is 0 Å². The van der Waals surface area contributed by atoms with Gasteiger partial charge in [0, 0.05) is 11.1 Å². The van der Waals surface area contributed by atoms with E-state index in [-0.39, 0.29) is 16.9 Å². The number of rotatable bonds is 11. The van der Waals surface area contributed by atoms with Gasteiger partial charge in [-0.25, -0.2) is 0 Å². The highest BCUT2D eigenvalue weighted by Crippen LogP contribution is 2.33. The average Bonchev–Trinajstić information content (AvgIpc) is 2.64. The summed E-state index contributed by atoms with van der Waals surface area (Å²) in [6, 6.07) is 8.31. The molecule has 2 heteroatoms. The lowest BCUT2D eigenvalue weighted by molar-refractivity contribution is 0.0897. The zero-order valence-corrected chi connectivity index (χ0v) is 17.4. The fourth-order valence-electron chi connectivity index (χ4n) is 3.36. The molecule has 1 aromatic rings. The van der Waals surface area contributed by atoms with Gasteiger partial charge < -0.3 is 5.32 Å². The standard InChI is InChI=1S/C23H39NO/c1-7-11-17-22(5,9-3)20-15-13-19(14-16-20)21(25)24-23(6,10-4)18-12-8-2/h13-16H,7-12,17-18H2,1-6H3,(H,24,25). The van der Waals surface area contributed by atoms with Crippen LogP contribution in [0.25, 0.3) is 0 Å². The first-order valence-electron chi connectivity index (χ1n) is 10.3. The first-order chi connectivity index (χ1) is 11.8. The van der Waals surface area contributed by atoms with Crippen LogP contribution in [0.1, 0.15) is 109 Å². The van der Waals surface area contributed by atoms with Crippen molar-refractivity contribution < 1.29 is 4.79 Å². The van der Waals surface area contributed by atoms with Crippen LogP contribution >= 0.6 is 0 Å². The fourth-order valence-corrected chi connectivity index (χ4v) is 3.36. The minimum Gasteiger partial charge on any atom is -0.347 e. The van der Waals surface area contributed by atoms with E-state index in [1.807, 2.05) is 12.1 Å². The SMILES string of the molecule is CCCCC(C)(CC)NC(=O)c1ccc(C(C)(CC)CCCC)cc1. The van der Waals surface area contributed by atoms with Crippen LogP contribution in [0, 0.1) is 0 Å². The van der Waals surface area contributed by atoms with Crippen molar-refractivity contribution in [2.75, 3.05) is 0 Å². The molecule has 0 saturated carbocycles. The second kappa shape index (κ2) is 9.99. The number of hydrogen-bond acceptors (Lipinski definition) is 1. The van der Waals surface area contributed by atoms with Crippen molar-refractivity contribution in [2.24, 2.45) is 0 Å². The maximum atomic E-state index is 12.7. The summed E-state index contributed by atoms with van der Waals surface area (Å²) in [4.78, 5) is 12.7. The first-order valence-corrected chi connectivity index (χ1v) is 10.3. The van der Waals surface area contributed by atoms with Crippen molar-refractivity contribution in [2.45, 2.75) is 104 Å². The Morgan fingerprint density at radius 3 is 1.92 bits per heavy atom. The first kappa shape index (κ1) is 21.7. The van der Waals surface area contributed by atoms with Gasteiger partial charge in [0.1, 0.15) is 0 Å². The number of unbranched alkanes of at least 4 members (excludes halogenated alkanes) is 2. The Hall–Kier alpha value is -1.31. The molecule has 1 amide bonds. The summed E-state index contributed by atoms with van der Waals surface area (Å²) >= 11 is 0. The molecule has 0 heterocycles. The normalized spacial score (nSPS) is 16.1. The molecule has 0 aliphatic carbocycles. The molecular formula is C23H39NO. The van der Waals surface area contributed by atoms with E-state index in [2.05, 4.69) is 59.0 Å². The minimum absolute atomic E-state index is 0.0544. The Kier molecular flexibility index (Phi) is 8.68. The highest BCUT2D eigenvalue weighted by Gasteiger charge is 2.26. The van der Waals surface area contributed by atoms with Crippen LogP contribution in [-0.4, -0.2) is 11.4 Å². The van der Waals surface area contributed by atoms with E-state index in [1.165, 1.54) is 24.8 Å². The Bertz CT molecular complexity index is 521. The van der Waals surface area contributed by atoms with Gasteiger partial charge in [-0.05, 0) is 55.7 Å². The molecule has 1 N–H and O–H groups in total. The summed E-state index contributed by atoms with van der Waals surface area (Å²) in [6.07, 6.45) is 9.11. The molecule has 1 aromatic carbocycles. The quantitative estimate of drug-likeness (QED) is 0.479. The van der Waals surface area contributed by atoms with Gasteiger partial charge in [-0.2, -0.15) is 0 Å². The second-order valence-corrected chi connectivity index (χ2v) is 8.07. The maximum Gasteiger partial charge on any atom is 0.251 e. The van der Waals surface area contributed by atoms with Crippen LogP contribution in [0.3, 0.4) is 0 Å². The van der Waals surface area contributed by atoms with E-state index >= 15 is 0 Å². The number of carbonyl (C=O) groups excluding carboxylic acids is 1. The predicted octanol–water partition coefficient (Wildman–Crippen LogP) is 6.63. The van der Waals surface area contributed by atoms with Crippen molar-refractivity contribution in [3.8, 4) is 0 Å². The predicted molar refractivity (Wildman–Crippen MR) is 109 cm³/mol. The molecule has 142 valence electrons. The maximum absolute atomic E-state index is 12.7. The second-order valence-electron chi connectivity index (χ2n) is 8.07. The molecule has 0 radical (unpaired) electrons. The lowest BCUT2D eigenvalue weighted by atomic mass is 9.76. The van der Waals surface area contributed by atoms with Gasteiger partial charge in [-0.15, -0.1) is 0 Å². The minimum atomic E-state index is -0.106. The third kappa shape index (κ3) is 6.17. The monoisotopic (exact) mass is 345 g/mol. The molecule has 2 nitrogen and oxygen atoms in total. The number of benzene rings is 1. The molecule has 25 heavy (non-hydrogen) atoms. The van der Waals surface area contributed by atoms with Crippen LogP contribution in [-0.2, 0) is 5.41 Å². The summed E-state index contributed by atoms with van der Waals surface area (Å²) in [5.74, 6) is 0.0544. The van der Waals surface area contributed by atoms with E-state index in [4.69, 9.17) is 0 Å². The zero-order valence-electron chi connectivity index (χ0n) is 17.4. The van der Waals surface area contributed by atoms with Gasteiger partial charge in [0.2, 0.25) is 0 Å². The van der Waals surface area contributed by atoms with Gasteiger partial charge >= 0.3 is 0 Å². The van der Waals surface area contributed by atoms with Crippen LogP contribution in [0.15, 0.2) is 24.3 Å². The van der Waals surface area contributed by atoms with Crippen LogP contribution in [0.5, 0.6) is 0 Å². The summed E-state index contributed by atoms with van der Waals surface area (Å²) in [6.45, 7) is 13.4. The third-order valence-corrected chi connectivity index (χ3v) is 5.98. The van der Waals surface area contributed by atoms with Crippen molar-refractivity contribution in [3.05, 3.63) is 35.4 Å². The van der Waals surface area contributed by atoms with Crippen molar-refractivity contribution in [3.63, 3.8) is 0 Å². The van der Waals surface area contributed by atoms with E-state index in [1.54, 1.807) is 0 Å². The Morgan fingerprint density at radius 2 is 1.44 bits per heavy atom. The van der Waals surface area contributed by atoms with Crippen molar-refractivity contribution in [1.29, 1.82) is 0 Å². The summed E-state index contributed by atoms with van der Waals surface area (Å²) < 4.78 is 0. The topological polar surface area (TPSA) is 29.1 Å². The summed E-state index contributed by atoms with van der Waals surface area (Å²) in [5.41, 5.74) is 2.23. The van der Waals surface area contributed by atoms with Crippen LogP contribution < -0.4 is 5.32 Å². The van der Waals surface area contributed by atoms with Gasteiger partial charge in [-0.3, -0.25) is 4.79 Å².